The van der Waals surface area contributed by atoms with Crippen molar-refractivity contribution in [3.05, 3.63) is 0 Å². The monoisotopic (exact) mass is 200 g/mol. The molecule has 0 aliphatic rings. The molecule has 0 radical (unpaired) electrons. The van der Waals surface area contributed by atoms with Gasteiger partial charge in [0.05, 0.1) is 0 Å². The van der Waals surface area contributed by atoms with Gasteiger partial charge in [-0.15, -0.1) is 0 Å². The van der Waals surface area contributed by atoms with E-state index in [1.807, 2.05) is 0 Å². The van der Waals surface area contributed by atoms with Gasteiger partial charge in [0, 0.05) is 0 Å². The summed E-state index contributed by atoms with van der Waals surface area (Å²) in [7, 11) is -10.8. The molecule has 0 aromatic rings. The van der Waals surface area contributed by atoms with E-state index in [0.717, 1.165) is 0 Å². The van der Waals surface area contributed by atoms with Crippen molar-refractivity contribution < 1.29 is 41.1 Å². The van der Waals surface area contributed by atoms with Crippen molar-refractivity contribution in [2.75, 3.05) is 0 Å². The van der Waals surface area contributed by atoms with Crippen LogP contribution >= 0.6 is 0 Å². The second-order valence-electron chi connectivity index (χ2n) is 1.07. The van der Waals surface area contributed by atoms with E-state index in [9.17, 15) is 24.6 Å². The van der Waals surface area contributed by atoms with Crippen LogP contribution < -0.4 is 0 Å². The van der Waals surface area contributed by atoms with E-state index in [1.165, 1.54) is 0 Å². The average molecular weight is 201 g/mol. The van der Waals surface area contributed by atoms with E-state index >= 15 is 0 Å². The van der Waals surface area contributed by atoms with Crippen LogP contribution in [0.3, 0.4) is 0 Å². The summed E-state index contributed by atoms with van der Waals surface area (Å²) in [5, 5.41) is 0. The molecule has 0 aromatic heterocycles. The summed E-state index contributed by atoms with van der Waals surface area (Å²) in [6.45, 7) is 0. The minimum absolute atomic E-state index is 0. The van der Waals surface area contributed by atoms with E-state index in [1.54, 1.807) is 0 Å². The molecule has 56 valence electrons. The maximum Gasteiger partial charge on any atom is 2.00 e. The summed E-state index contributed by atoms with van der Waals surface area (Å²) in [6.07, 6.45) is 0. The third-order valence-corrected chi connectivity index (χ3v) is 0. The first-order valence-corrected chi connectivity index (χ1v) is 3.40. The van der Waals surface area contributed by atoms with Crippen molar-refractivity contribution in [3.8, 4) is 0 Å². The Bertz CT molecular complexity index is 67.1. The Balaban J connectivity index is 0. The quantitative estimate of drug-likeness (QED) is 0.319. The van der Waals surface area contributed by atoms with Crippen molar-refractivity contribution in [1.29, 1.82) is 0 Å². The second-order valence-corrected chi connectivity index (χ2v) is 3.21. The number of hydrogen-bond acceptors (Lipinski definition) is 0. The minimum atomic E-state index is -10.8. The zero-order valence-corrected chi connectivity index (χ0v) is 5.07. The third-order valence-electron chi connectivity index (χ3n) is 0. The van der Waals surface area contributed by atoms with Crippen LogP contribution in [-0.4, -0.2) is 8.63 Å². The van der Waals surface area contributed by atoms with Gasteiger partial charge in [-0.05, 0) is 0 Å². The molecule has 0 saturated heterocycles. The fourth-order valence-electron chi connectivity index (χ4n) is 0. The van der Waals surface area contributed by atoms with Crippen LogP contribution in [-0.2, 0) is 16.5 Å². The Labute approximate surface area is 50.6 Å². The standard InChI is InChI=1S/F6Si.Ni/c1-7(2,3,4,5)6;/q-2;+2. The topological polar surface area (TPSA) is 0 Å². The molecule has 0 unspecified atom stereocenters. The van der Waals surface area contributed by atoms with Gasteiger partial charge in [-0.2, -0.15) is 0 Å². The molecule has 0 spiro atoms. The first-order valence-electron chi connectivity index (χ1n) is 1.13. The molecule has 0 saturated carbocycles. The van der Waals surface area contributed by atoms with Gasteiger partial charge in [0.25, 0.3) is 0 Å². The fraction of sp³-hybridized carbons (Fsp3) is 0. The molecule has 0 aromatic carbocycles. The average Bonchev–Trinajstić information content (AvgIpc) is 0.592. The molecule has 0 atom stereocenters. The van der Waals surface area contributed by atoms with Crippen LogP contribution in [0.25, 0.3) is 0 Å². The molecule has 0 heterocycles. The van der Waals surface area contributed by atoms with Gasteiger partial charge in [0.2, 0.25) is 0 Å². The van der Waals surface area contributed by atoms with Gasteiger partial charge < -0.3 is 0 Å². The van der Waals surface area contributed by atoms with Crippen LogP contribution in [0.5, 0.6) is 0 Å². The molecular formula is F6NiSi. The molecule has 0 bridgehead atoms. The van der Waals surface area contributed by atoms with Gasteiger partial charge in [-0.25, -0.2) is 0 Å². The maximum atomic E-state index is 9.88. The van der Waals surface area contributed by atoms with Crippen LogP contribution in [0, 0.1) is 0 Å². The Kier molecular flexibility index (Phi) is 1.72. The molecule has 8 heavy (non-hydrogen) atoms. The van der Waals surface area contributed by atoms with Crippen LogP contribution in [0.15, 0.2) is 0 Å². The molecule has 0 aliphatic carbocycles. The SMILES string of the molecule is F[Si-2](F)(F)(F)(F)F.[Ni+2]. The maximum absolute atomic E-state index is 10.8. The summed E-state index contributed by atoms with van der Waals surface area (Å²) >= 11 is 0. The third kappa shape index (κ3) is 2090. The van der Waals surface area contributed by atoms with Crippen LogP contribution in [0.1, 0.15) is 0 Å². The van der Waals surface area contributed by atoms with Gasteiger partial charge in [0.1, 0.15) is 0 Å². The van der Waals surface area contributed by atoms with E-state index in [0.29, 0.717) is 0 Å². The van der Waals surface area contributed by atoms with E-state index < -0.39 is 8.63 Å². The molecule has 0 N–H and O–H groups in total. The molecule has 0 rings (SSSR count). The van der Waals surface area contributed by atoms with Crippen molar-refractivity contribution >= 4 is 8.63 Å². The minimum Gasteiger partial charge on any atom is 2.00 e. The number of hydrogen-bond donors (Lipinski definition) is 0. The first-order chi connectivity index (χ1) is 2.45. The Morgan fingerprint density at radius 2 is 0.625 bits per heavy atom. The van der Waals surface area contributed by atoms with Crippen LogP contribution in [0.4, 0.5) is 24.6 Å². The Morgan fingerprint density at radius 1 is 0.625 bits per heavy atom. The summed E-state index contributed by atoms with van der Waals surface area (Å²) in [4.78, 5) is 0. The van der Waals surface area contributed by atoms with Crippen LogP contribution in [0.2, 0.25) is 0 Å². The van der Waals surface area contributed by atoms with Gasteiger partial charge in [-0.1, -0.05) is 0 Å². The van der Waals surface area contributed by atoms with Gasteiger partial charge >= 0.3 is 49.8 Å². The van der Waals surface area contributed by atoms with Gasteiger partial charge in [-0.3, -0.25) is 0 Å². The zero-order chi connectivity index (χ0) is 6.41. The van der Waals surface area contributed by atoms with Crippen molar-refractivity contribution in [1.82, 2.24) is 0 Å². The number of rotatable bonds is 0. The molecule has 0 fully saturated rings. The van der Waals surface area contributed by atoms with E-state index in [-0.39, 0.29) is 16.5 Å². The first kappa shape index (κ1) is 11.1. The summed E-state index contributed by atoms with van der Waals surface area (Å²) < 4.78 is 59.3. The molecular weight excluding hydrogens is 201 g/mol. The van der Waals surface area contributed by atoms with Gasteiger partial charge in [0.15, 0.2) is 0 Å². The predicted molar refractivity (Wildman–Crippen MR) is 12.4 cm³/mol. The number of halogens is 6. The molecule has 0 nitrogen and oxygen atoms in total. The predicted octanol–water partition coefficient (Wildman–Crippen LogP) is 2.14. The van der Waals surface area contributed by atoms with E-state index in [4.69, 9.17) is 0 Å². The molecule has 8 heteroatoms. The molecule has 0 amide bonds. The van der Waals surface area contributed by atoms with Crippen molar-refractivity contribution in [2.45, 2.75) is 0 Å². The second kappa shape index (κ2) is 1.23. The summed E-state index contributed by atoms with van der Waals surface area (Å²) in [6, 6.07) is 0. The Morgan fingerprint density at radius 3 is 0.625 bits per heavy atom. The van der Waals surface area contributed by atoms with Crippen molar-refractivity contribution in [3.63, 3.8) is 0 Å². The van der Waals surface area contributed by atoms with Crippen molar-refractivity contribution in [2.24, 2.45) is 0 Å². The largest absolute Gasteiger partial charge is 2.00 e. The summed E-state index contributed by atoms with van der Waals surface area (Å²) in [5.74, 6) is 0. The molecule has 0 aliphatic heterocycles. The smallest absolute Gasteiger partial charge is 2.00 e. The zero-order valence-electron chi connectivity index (χ0n) is 3.08. The Hall–Kier alpha value is 0.290. The summed E-state index contributed by atoms with van der Waals surface area (Å²) in [5.41, 5.74) is 0. The normalized spacial score (nSPS) is 20.2. The fourth-order valence-corrected chi connectivity index (χ4v) is 0. The van der Waals surface area contributed by atoms with E-state index in [2.05, 4.69) is 0 Å².